The minimum atomic E-state index is -0.0890. The van der Waals surface area contributed by atoms with Gasteiger partial charge in [0.2, 0.25) is 0 Å². The van der Waals surface area contributed by atoms with Crippen molar-refractivity contribution in [2.75, 3.05) is 32.2 Å². The molecule has 36 heavy (non-hydrogen) atoms. The molecule has 0 spiro atoms. The molecule has 2 saturated carbocycles. The largest absolute Gasteiger partial charge is 0.469 e. The van der Waals surface area contributed by atoms with Gasteiger partial charge in [0.05, 0.1) is 23.7 Å². The number of carbonyl (C=O) groups is 1. The number of halogens is 1. The lowest BCUT2D eigenvalue weighted by Gasteiger charge is -2.47. The lowest BCUT2D eigenvalue weighted by molar-refractivity contribution is -0.146. The highest BCUT2D eigenvalue weighted by Gasteiger charge is 2.42. The first kappa shape index (κ1) is 25.9. The lowest BCUT2D eigenvalue weighted by Crippen LogP contribution is -2.50. The van der Waals surface area contributed by atoms with Crippen molar-refractivity contribution >= 4 is 34.6 Å². The van der Waals surface area contributed by atoms with Crippen LogP contribution in [0.1, 0.15) is 81.6 Å². The van der Waals surface area contributed by atoms with Gasteiger partial charge in [0, 0.05) is 37.4 Å². The molecule has 1 aromatic carbocycles. The van der Waals surface area contributed by atoms with Crippen molar-refractivity contribution in [3.63, 3.8) is 0 Å². The predicted molar refractivity (Wildman–Crippen MR) is 145 cm³/mol. The lowest BCUT2D eigenvalue weighted by atomic mass is 9.72. The average Bonchev–Trinajstić information content (AvgIpc) is 3.43. The second-order valence-electron chi connectivity index (χ2n) is 10.8. The Morgan fingerprint density at radius 3 is 2.39 bits per heavy atom. The van der Waals surface area contributed by atoms with E-state index in [9.17, 15) is 4.79 Å². The fraction of sp³-hybridized carbons (Fsp3) is 0.679. The number of hydrogen-bond acceptors (Lipinski definition) is 7. The van der Waals surface area contributed by atoms with Gasteiger partial charge in [-0.1, -0.05) is 42.2 Å². The Morgan fingerprint density at radius 2 is 1.75 bits per heavy atom. The summed E-state index contributed by atoms with van der Waals surface area (Å²) in [7, 11) is 3.38. The minimum Gasteiger partial charge on any atom is -0.469 e. The van der Waals surface area contributed by atoms with Crippen LogP contribution in [0, 0.1) is 11.8 Å². The van der Waals surface area contributed by atoms with Crippen LogP contribution in [0.15, 0.2) is 18.2 Å². The molecule has 1 saturated heterocycles. The van der Waals surface area contributed by atoms with Crippen molar-refractivity contribution in [2.45, 2.75) is 82.1 Å². The van der Waals surface area contributed by atoms with E-state index in [0.717, 1.165) is 72.2 Å². The second kappa shape index (κ2) is 11.4. The Morgan fingerprint density at radius 1 is 1.03 bits per heavy atom. The molecule has 0 bridgehead atoms. The van der Waals surface area contributed by atoms with Gasteiger partial charge in [-0.3, -0.25) is 4.79 Å². The van der Waals surface area contributed by atoms with Gasteiger partial charge in [0.1, 0.15) is 10.0 Å². The fourth-order valence-corrected chi connectivity index (χ4v) is 8.05. The number of carbonyl (C=O) groups excluding carboxylic acids is 1. The topological polar surface area (TPSA) is 64.5 Å². The van der Waals surface area contributed by atoms with E-state index in [-0.39, 0.29) is 17.5 Å². The van der Waals surface area contributed by atoms with Crippen molar-refractivity contribution in [2.24, 2.45) is 11.8 Å². The molecule has 3 aliphatic rings. The number of rotatable bonds is 6. The summed E-state index contributed by atoms with van der Waals surface area (Å²) in [5.41, 5.74) is 2.15. The summed E-state index contributed by atoms with van der Waals surface area (Å²) in [6.07, 6.45) is 12.4. The molecule has 0 N–H and O–H groups in total. The van der Waals surface area contributed by atoms with E-state index >= 15 is 0 Å². The number of anilines is 1. The number of hydrogen-bond donors (Lipinski definition) is 0. The molecule has 0 unspecified atom stereocenters. The van der Waals surface area contributed by atoms with Crippen LogP contribution in [0.5, 0.6) is 0 Å². The SMILES string of the molecule is COC(=O)[C@H]1CC[C@H](c2nnc(-c3ccc(N4CCC(OC)(C5CCCCC5)CC4)cc3Cl)s2)CC1. The third-order valence-corrected chi connectivity index (χ3v) is 10.4. The zero-order chi connectivity index (χ0) is 25.1. The maximum atomic E-state index is 11.8. The van der Waals surface area contributed by atoms with E-state index in [1.54, 1.807) is 11.3 Å². The Bertz CT molecular complexity index is 1040. The van der Waals surface area contributed by atoms with Crippen LogP contribution in [0.25, 0.3) is 10.6 Å². The van der Waals surface area contributed by atoms with Gasteiger partial charge in [0.25, 0.3) is 0 Å². The van der Waals surface area contributed by atoms with Gasteiger partial charge in [-0.25, -0.2) is 0 Å². The van der Waals surface area contributed by atoms with Crippen molar-refractivity contribution in [3.8, 4) is 10.6 Å². The highest BCUT2D eigenvalue weighted by atomic mass is 35.5. The normalized spacial score (nSPS) is 25.0. The minimum absolute atomic E-state index is 0.0205. The van der Waals surface area contributed by atoms with Gasteiger partial charge in [-0.2, -0.15) is 0 Å². The van der Waals surface area contributed by atoms with Crippen molar-refractivity contribution < 1.29 is 14.3 Å². The van der Waals surface area contributed by atoms with Crippen molar-refractivity contribution in [3.05, 3.63) is 28.2 Å². The molecular weight excluding hydrogens is 494 g/mol. The summed E-state index contributed by atoms with van der Waals surface area (Å²) in [6, 6.07) is 6.35. The molecule has 2 aliphatic carbocycles. The van der Waals surface area contributed by atoms with Gasteiger partial charge in [-0.05, 0) is 75.5 Å². The van der Waals surface area contributed by atoms with Crippen LogP contribution in [0.4, 0.5) is 5.69 Å². The Kier molecular flexibility index (Phi) is 8.18. The van der Waals surface area contributed by atoms with Crippen molar-refractivity contribution in [1.82, 2.24) is 10.2 Å². The summed E-state index contributed by atoms with van der Waals surface area (Å²) in [4.78, 5) is 14.3. The molecule has 8 heteroatoms. The molecule has 1 aromatic heterocycles. The van der Waals surface area contributed by atoms with E-state index in [0.29, 0.717) is 11.8 Å². The molecule has 1 aliphatic heterocycles. The third kappa shape index (κ3) is 5.30. The number of aromatic nitrogens is 2. The van der Waals surface area contributed by atoms with Crippen LogP contribution >= 0.6 is 22.9 Å². The second-order valence-corrected chi connectivity index (χ2v) is 12.2. The molecular formula is C28H38ClN3O3S. The van der Waals surface area contributed by atoms with Crippen LogP contribution in [-0.4, -0.2) is 49.1 Å². The summed E-state index contributed by atoms with van der Waals surface area (Å²) >= 11 is 8.42. The summed E-state index contributed by atoms with van der Waals surface area (Å²) in [6.45, 7) is 1.99. The monoisotopic (exact) mass is 531 g/mol. The van der Waals surface area contributed by atoms with Gasteiger partial charge < -0.3 is 14.4 Å². The zero-order valence-corrected chi connectivity index (χ0v) is 23.1. The molecule has 2 heterocycles. The summed E-state index contributed by atoms with van der Waals surface area (Å²) in [5.74, 6) is 0.987. The first-order chi connectivity index (χ1) is 17.5. The van der Waals surface area contributed by atoms with Crippen LogP contribution in [0.3, 0.4) is 0 Å². The quantitative estimate of drug-likeness (QED) is 0.379. The maximum absolute atomic E-state index is 11.8. The number of methoxy groups -OCH3 is 2. The molecule has 0 atom stereocenters. The number of piperidine rings is 1. The zero-order valence-electron chi connectivity index (χ0n) is 21.5. The fourth-order valence-electron chi connectivity index (χ4n) is 6.68. The van der Waals surface area contributed by atoms with E-state index in [4.69, 9.17) is 21.1 Å². The number of nitrogens with zero attached hydrogens (tertiary/aromatic N) is 3. The van der Waals surface area contributed by atoms with E-state index < -0.39 is 0 Å². The van der Waals surface area contributed by atoms with Gasteiger partial charge >= 0.3 is 5.97 Å². The average molecular weight is 532 g/mol. The Balaban J connectivity index is 1.22. The predicted octanol–water partition coefficient (Wildman–Crippen LogP) is 6.87. The number of esters is 1. The van der Waals surface area contributed by atoms with Crippen LogP contribution < -0.4 is 4.90 Å². The van der Waals surface area contributed by atoms with E-state index in [1.165, 1.54) is 44.9 Å². The highest BCUT2D eigenvalue weighted by Crippen LogP contribution is 2.43. The van der Waals surface area contributed by atoms with Crippen LogP contribution in [0.2, 0.25) is 5.02 Å². The summed E-state index contributed by atoms with van der Waals surface area (Å²) in [5, 5.41) is 11.6. The Hall–Kier alpha value is -1.70. The van der Waals surface area contributed by atoms with Gasteiger partial charge in [-0.15, -0.1) is 10.2 Å². The summed E-state index contributed by atoms with van der Waals surface area (Å²) < 4.78 is 11.1. The Labute approximate surface area is 223 Å². The first-order valence-electron chi connectivity index (χ1n) is 13.5. The number of ether oxygens (including phenoxy) is 2. The number of benzene rings is 1. The molecule has 2 aromatic rings. The molecule has 0 radical (unpaired) electrons. The maximum Gasteiger partial charge on any atom is 0.308 e. The molecule has 0 amide bonds. The highest BCUT2D eigenvalue weighted by molar-refractivity contribution is 7.14. The van der Waals surface area contributed by atoms with Crippen molar-refractivity contribution in [1.29, 1.82) is 0 Å². The van der Waals surface area contributed by atoms with Crippen LogP contribution in [-0.2, 0) is 14.3 Å². The molecule has 196 valence electrons. The van der Waals surface area contributed by atoms with Gasteiger partial charge in [0.15, 0.2) is 0 Å². The van der Waals surface area contributed by atoms with E-state index in [1.807, 2.05) is 7.11 Å². The first-order valence-corrected chi connectivity index (χ1v) is 14.7. The standard InChI is InChI=1S/C28H38ClN3O3S/c1-34-27(33)20-10-8-19(9-11-20)25-30-31-26(36-25)23-13-12-22(18-24(23)29)32-16-14-28(35-2,15-17-32)21-6-4-3-5-7-21/h12-13,18-21H,3-11,14-17H2,1-2H3/t19-,20-. The third-order valence-electron chi connectivity index (χ3n) is 8.97. The van der Waals surface area contributed by atoms with E-state index in [2.05, 4.69) is 33.3 Å². The smallest absolute Gasteiger partial charge is 0.308 e. The molecule has 5 rings (SSSR count). The molecule has 6 nitrogen and oxygen atoms in total. The molecule has 3 fully saturated rings.